The molecule has 58 heavy (non-hydrogen) atoms. The van der Waals surface area contributed by atoms with Gasteiger partial charge in [0.25, 0.3) is 0 Å². The largest absolute Gasteiger partial charge is 0.467 e. The number of hydrogen-bond acceptors (Lipinski definition) is 10. The van der Waals surface area contributed by atoms with Gasteiger partial charge in [0.15, 0.2) is 5.78 Å². The van der Waals surface area contributed by atoms with E-state index in [1.54, 1.807) is 30.9 Å². The number of ether oxygens (including phenoxy) is 3. The van der Waals surface area contributed by atoms with E-state index in [1.807, 2.05) is 65.1 Å². The summed E-state index contributed by atoms with van der Waals surface area (Å²) in [6, 6.07) is 7.37. The number of likely N-dealkylation sites (tertiary alicyclic amines) is 1. The molecule has 1 aromatic rings. The van der Waals surface area contributed by atoms with E-state index >= 15 is 0 Å². The molecule has 2 rings (SSSR count). The van der Waals surface area contributed by atoms with E-state index in [1.165, 1.54) is 14.2 Å². The predicted octanol–water partition coefficient (Wildman–Crippen LogP) is 4.73. The zero-order chi connectivity index (χ0) is 43.7. The minimum atomic E-state index is -0.890. The molecule has 0 aromatic heterocycles. The Morgan fingerprint density at radius 1 is 0.914 bits per heavy atom. The minimum absolute atomic E-state index is 0.0178. The Bertz CT molecular complexity index is 1430. The predicted molar refractivity (Wildman–Crippen MR) is 228 cm³/mol. The van der Waals surface area contributed by atoms with Gasteiger partial charge in [-0.05, 0) is 69.1 Å². The number of likely N-dealkylation sites (N-methyl/N-ethyl adjacent to an activating group) is 2. The molecule has 13 nitrogen and oxygen atoms in total. The zero-order valence-corrected chi connectivity index (χ0v) is 37.7. The smallest absolute Gasteiger partial charge is 0.328 e. The van der Waals surface area contributed by atoms with Crippen LogP contribution >= 0.6 is 0 Å². The van der Waals surface area contributed by atoms with E-state index in [0.717, 1.165) is 37.8 Å². The van der Waals surface area contributed by atoms with Crippen LogP contribution in [0.5, 0.6) is 0 Å². The summed E-state index contributed by atoms with van der Waals surface area (Å²) in [5.74, 6) is -2.42. The van der Waals surface area contributed by atoms with Gasteiger partial charge in [-0.1, -0.05) is 85.2 Å². The number of amides is 3. The van der Waals surface area contributed by atoms with Gasteiger partial charge >= 0.3 is 5.97 Å². The van der Waals surface area contributed by atoms with E-state index in [2.05, 4.69) is 24.1 Å². The maximum absolute atomic E-state index is 14.5. The highest BCUT2D eigenvalue weighted by molar-refractivity contribution is 5.90. The fourth-order valence-electron chi connectivity index (χ4n) is 8.77. The number of ketones is 1. The Balaban J connectivity index is 2.28. The van der Waals surface area contributed by atoms with Crippen molar-refractivity contribution in [3.8, 4) is 0 Å². The summed E-state index contributed by atoms with van der Waals surface area (Å²) in [4.78, 5) is 74.8. The lowest BCUT2D eigenvalue weighted by Gasteiger charge is -2.41. The minimum Gasteiger partial charge on any atom is -0.467 e. The molecule has 0 saturated carbocycles. The van der Waals surface area contributed by atoms with Gasteiger partial charge in [-0.3, -0.25) is 24.1 Å². The zero-order valence-electron chi connectivity index (χ0n) is 37.7. The van der Waals surface area contributed by atoms with Crippen LogP contribution in [0.15, 0.2) is 30.3 Å². The van der Waals surface area contributed by atoms with Crippen LogP contribution in [0.25, 0.3) is 0 Å². The molecule has 0 radical (unpaired) electrons. The number of nitrogens with one attached hydrogen (secondary N) is 1. The second kappa shape index (κ2) is 25.3. The third-order valence-electron chi connectivity index (χ3n) is 12.3. The molecular weight excluding hydrogens is 739 g/mol. The van der Waals surface area contributed by atoms with Crippen molar-refractivity contribution in [2.24, 2.45) is 35.3 Å². The summed E-state index contributed by atoms with van der Waals surface area (Å²) in [6.45, 7) is 15.8. The van der Waals surface area contributed by atoms with Crippen molar-refractivity contribution in [2.45, 2.75) is 136 Å². The molecule has 1 aromatic carbocycles. The molecule has 0 bridgehead atoms. The Kier molecular flexibility index (Phi) is 22.1. The Morgan fingerprint density at radius 2 is 1.57 bits per heavy atom. The first-order valence-electron chi connectivity index (χ1n) is 21.5. The van der Waals surface area contributed by atoms with Crippen molar-refractivity contribution in [1.29, 1.82) is 0 Å². The molecule has 1 heterocycles. The number of Topliss-reactive ketones (excluding diaryl/α,β-unsaturated/α-hetero) is 1. The average molecular weight is 816 g/mol. The second-order valence-electron chi connectivity index (χ2n) is 17.0. The monoisotopic (exact) mass is 816 g/mol. The number of methoxy groups -OCH3 is 3. The summed E-state index contributed by atoms with van der Waals surface area (Å²) < 4.78 is 17.0. The lowest BCUT2D eigenvalue weighted by Crippen LogP contribution is -2.55. The number of carbonyl (C=O) groups excluding carboxylic acids is 5. The lowest BCUT2D eigenvalue weighted by atomic mass is 9.83. The number of esters is 1. The fourth-order valence-corrected chi connectivity index (χ4v) is 8.77. The summed E-state index contributed by atoms with van der Waals surface area (Å²) in [5, 5.41) is 2.87. The SMILES string of the molecule is CC[C@H](C)[C@@H]([C@@H](CC(=O)N1CCC[C@H]1[C@H](OC)[C@@H](C)C(=O)N[C@@H](Cc1ccccc1)C(=O)OC)OC)N(C)C(=O)[C@@H](CC(=O)[C@H](C(C)C)N(C)CCCCN)C(C)C. The van der Waals surface area contributed by atoms with Crippen LogP contribution < -0.4 is 11.1 Å². The van der Waals surface area contributed by atoms with Gasteiger partial charge in [-0.15, -0.1) is 0 Å². The van der Waals surface area contributed by atoms with Gasteiger partial charge in [0.05, 0.1) is 49.8 Å². The Labute approximate surface area is 349 Å². The number of nitrogens with two attached hydrogens (primary N) is 1. The third-order valence-corrected chi connectivity index (χ3v) is 12.3. The quantitative estimate of drug-likeness (QED) is 0.0989. The van der Waals surface area contributed by atoms with Crippen LogP contribution in [0.4, 0.5) is 0 Å². The van der Waals surface area contributed by atoms with Crippen molar-refractivity contribution in [3.05, 3.63) is 35.9 Å². The topological polar surface area (TPSA) is 161 Å². The molecule has 1 aliphatic rings. The van der Waals surface area contributed by atoms with Gasteiger partial charge in [0.2, 0.25) is 17.7 Å². The third kappa shape index (κ3) is 14.1. The average Bonchev–Trinajstić information content (AvgIpc) is 3.68. The Hall–Kier alpha value is -3.39. The molecular formula is C45H77N5O8. The highest BCUT2D eigenvalue weighted by atomic mass is 16.5. The first-order valence-corrected chi connectivity index (χ1v) is 21.5. The van der Waals surface area contributed by atoms with Crippen molar-refractivity contribution < 1.29 is 38.2 Å². The summed E-state index contributed by atoms with van der Waals surface area (Å²) in [7, 11) is 8.14. The number of hydrogen-bond donors (Lipinski definition) is 2. The van der Waals surface area contributed by atoms with Crippen LogP contribution in [0.1, 0.15) is 99.0 Å². The lowest BCUT2D eigenvalue weighted by molar-refractivity contribution is -0.150. The fraction of sp³-hybridized carbons (Fsp3) is 0.756. The highest BCUT2D eigenvalue weighted by Crippen LogP contribution is 2.31. The Morgan fingerprint density at radius 3 is 2.10 bits per heavy atom. The molecule has 3 N–H and O–H groups in total. The first-order chi connectivity index (χ1) is 27.5. The number of unbranched alkanes of at least 4 members (excludes halogenated alkanes) is 1. The standard InChI is InChI=1S/C45H77N5O8/c1-13-31(6)41(49(9)44(54)34(29(2)3)27-37(51)40(30(4)5)48(8)24-18-17-23-46)38(56-10)28-39(52)50-25-19-22-36(50)42(57-11)32(7)43(53)47-35(45(55)58-12)26-33-20-15-14-16-21-33/h14-16,20-21,29-32,34-36,38,40-42H,13,17-19,22-28,46H2,1-12H3,(H,47,53)/t31-,32+,34-,35-,36-,38+,40-,41-,42+/m0/s1. The number of rotatable bonds is 26. The molecule has 3 amide bonds. The van der Waals surface area contributed by atoms with Crippen molar-refractivity contribution >= 4 is 29.5 Å². The second-order valence-corrected chi connectivity index (χ2v) is 17.0. The summed E-state index contributed by atoms with van der Waals surface area (Å²) in [6.07, 6.45) is 3.05. The van der Waals surface area contributed by atoms with Crippen molar-refractivity contribution in [1.82, 2.24) is 20.0 Å². The molecule has 330 valence electrons. The summed E-state index contributed by atoms with van der Waals surface area (Å²) in [5.41, 5.74) is 6.59. The molecule has 0 spiro atoms. The maximum atomic E-state index is 14.5. The molecule has 1 aliphatic heterocycles. The molecule has 13 heteroatoms. The first kappa shape index (κ1) is 50.8. The van der Waals surface area contributed by atoms with Crippen LogP contribution in [-0.2, 0) is 44.6 Å². The van der Waals surface area contributed by atoms with Crippen LogP contribution in [0, 0.1) is 29.6 Å². The number of carbonyl (C=O) groups is 5. The molecule has 1 fully saturated rings. The van der Waals surface area contributed by atoms with Gasteiger partial charge in [-0.25, -0.2) is 4.79 Å². The van der Waals surface area contributed by atoms with Gasteiger partial charge in [0.1, 0.15) is 6.04 Å². The van der Waals surface area contributed by atoms with Crippen LogP contribution in [-0.4, -0.2) is 136 Å². The number of nitrogens with zero attached hydrogens (tertiary/aromatic N) is 3. The van der Waals surface area contributed by atoms with Gasteiger partial charge < -0.3 is 35.1 Å². The maximum Gasteiger partial charge on any atom is 0.328 e. The van der Waals surface area contributed by atoms with Gasteiger partial charge in [-0.2, -0.15) is 0 Å². The van der Waals surface area contributed by atoms with E-state index < -0.39 is 42.1 Å². The number of benzene rings is 1. The molecule has 0 unspecified atom stereocenters. The molecule has 9 atom stereocenters. The van der Waals surface area contributed by atoms with E-state index in [-0.39, 0.29) is 72.6 Å². The van der Waals surface area contributed by atoms with Crippen molar-refractivity contribution in [2.75, 3.05) is 55.1 Å². The summed E-state index contributed by atoms with van der Waals surface area (Å²) >= 11 is 0. The van der Waals surface area contributed by atoms with Gasteiger partial charge in [0, 0.05) is 46.6 Å². The van der Waals surface area contributed by atoms with Crippen LogP contribution in [0.3, 0.4) is 0 Å². The van der Waals surface area contributed by atoms with Crippen molar-refractivity contribution in [3.63, 3.8) is 0 Å². The van der Waals surface area contributed by atoms with Crippen LogP contribution in [0.2, 0.25) is 0 Å². The van der Waals surface area contributed by atoms with E-state index in [0.29, 0.717) is 19.5 Å². The molecule has 1 saturated heterocycles. The van der Waals surface area contributed by atoms with E-state index in [9.17, 15) is 24.0 Å². The molecule has 0 aliphatic carbocycles. The highest BCUT2D eigenvalue weighted by Gasteiger charge is 2.43. The normalized spacial score (nSPS) is 18.6. The van der Waals surface area contributed by atoms with E-state index in [4.69, 9.17) is 19.9 Å².